The largest absolute Gasteiger partial charge is 0.382 e. The van der Waals surface area contributed by atoms with E-state index in [2.05, 4.69) is 15.5 Å². The molecule has 0 fully saturated rings. The van der Waals surface area contributed by atoms with Crippen LogP contribution in [0.5, 0.6) is 0 Å². The van der Waals surface area contributed by atoms with Gasteiger partial charge in [-0.1, -0.05) is 98.7 Å². The van der Waals surface area contributed by atoms with Gasteiger partial charge in [-0.25, -0.2) is 5.48 Å². The Kier molecular flexibility index (Phi) is 8.51. The van der Waals surface area contributed by atoms with E-state index in [9.17, 15) is 14.7 Å². The highest BCUT2D eigenvalue weighted by atomic mass is 16.5. The first-order chi connectivity index (χ1) is 16.7. The topological polar surface area (TPSA) is 138 Å². The van der Waals surface area contributed by atoms with Crippen LogP contribution in [0, 0.1) is 11.3 Å². The molecule has 0 spiro atoms. The Morgan fingerprint density at radius 2 is 1.66 bits per heavy atom. The SMILES string of the molecule is CC(C)(C)[C@H](NC(=O)[C@H](C/C=C/c1ccccc1)[C@H](O)C(=O)NO)c1nc(-c2ccccc2)no1. The summed E-state index contributed by atoms with van der Waals surface area (Å²) in [6.45, 7) is 5.68. The second kappa shape index (κ2) is 11.5. The number of nitrogens with zero attached hydrogens (tertiary/aromatic N) is 2. The lowest BCUT2D eigenvalue weighted by molar-refractivity contribution is -0.146. The summed E-state index contributed by atoms with van der Waals surface area (Å²) >= 11 is 0. The van der Waals surface area contributed by atoms with Crippen LogP contribution in [0.2, 0.25) is 0 Å². The minimum Gasteiger partial charge on any atom is -0.382 e. The van der Waals surface area contributed by atoms with Gasteiger partial charge in [-0.2, -0.15) is 4.98 Å². The zero-order chi connectivity index (χ0) is 25.4. The van der Waals surface area contributed by atoms with Gasteiger partial charge in [0.1, 0.15) is 12.1 Å². The van der Waals surface area contributed by atoms with Crippen molar-refractivity contribution in [1.82, 2.24) is 20.9 Å². The fourth-order valence-electron chi connectivity index (χ4n) is 3.50. The molecule has 1 heterocycles. The molecule has 2 aromatic carbocycles. The molecule has 0 bridgehead atoms. The summed E-state index contributed by atoms with van der Waals surface area (Å²) in [5.41, 5.74) is 2.54. The van der Waals surface area contributed by atoms with E-state index >= 15 is 0 Å². The number of hydrogen-bond acceptors (Lipinski definition) is 7. The highest BCUT2D eigenvalue weighted by Crippen LogP contribution is 2.33. The van der Waals surface area contributed by atoms with Crippen LogP contribution in [0.3, 0.4) is 0 Å². The Hall–Kier alpha value is -3.82. The van der Waals surface area contributed by atoms with E-state index in [1.165, 1.54) is 5.48 Å². The monoisotopic (exact) mass is 478 g/mol. The summed E-state index contributed by atoms with van der Waals surface area (Å²) in [6.07, 6.45) is 1.75. The second-order valence-electron chi connectivity index (χ2n) is 9.21. The normalized spacial score (nSPS) is 14.3. The fourth-order valence-corrected chi connectivity index (χ4v) is 3.50. The number of amides is 2. The first kappa shape index (κ1) is 25.8. The fraction of sp³-hybridized carbons (Fsp3) is 0.308. The molecule has 0 saturated carbocycles. The standard InChI is InChI=1S/C26H30N4O5/c1-26(2,3)21(25-28-22(30-35-25)18-14-8-5-9-15-18)27-23(32)19(20(31)24(33)29-34)16-10-13-17-11-6-4-7-12-17/h4-15,19-21,31,34H,16H2,1-3H3,(H,27,32)(H,29,33)/b13-10+/t19-,20+,21-/m1/s1. The predicted molar refractivity (Wildman–Crippen MR) is 130 cm³/mol. The van der Waals surface area contributed by atoms with Crippen LogP contribution in [0.25, 0.3) is 17.5 Å². The van der Waals surface area contributed by atoms with Crippen molar-refractivity contribution in [3.63, 3.8) is 0 Å². The molecule has 0 aliphatic heterocycles. The number of hydroxylamine groups is 1. The molecule has 0 radical (unpaired) electrons. The third-order valence-electron chi connectivity index (χ3n) is 5.47. The van der Waals surface area contributed by atoms with E-state index in [0.717, 1.165) is 11.1 Å². The second-order valence-corrected chi connectivity index (χ2v) is 9.21. The number of nitrogens with one attached hydrogen (secondary N) is 2. The molecule has 4 N–H and O–H groups in total. The molecule has 184 valence electrons. The maximum Gasteiger partial charge on any atom is 0.272 e. The molecule has 9 heteroatoms. The van der Waals surface area contributed by atoms with Gasteiger partial charge in [0.25, 0.3) is 5.91 Å². The van der Waals surface area contributed by atoms with Crippen LogP contribution in [0.4, 0.5) is 0 Å². The molecule has 9 nitrogen and oxygen atoms in total. The molecule has 0 aliphatic carbocycles. The Bertz CT molecular complexity index is 1140. The van der Waals surface area contributed by atoms with Crippen LogP contribution >= 0.6 is 0 Å². The number of carbonyl (C=O) groups excluding carboxylic acids is 2. The van der Waals surface area contributed by atoms with Gasteiger partial charge in [-0.3, -0.25) is 14.8 Å². The van der Waals surface area contributed by atoms with E-state index in [4.69, 9.17) is 9.73 Å². The van der Waals surface area contributed by atoms with Crippen LogP contribution in [-0.2, 0) is 9.59 Å². The maximum atomic E-state index is 13.3. The maximum absolute atomic E-state index is 13.3. The van der Waals surface area contributed by atoms with Crippen molar-refractivity contribution in [1.29, 1.82) is 0 Å². The number of benzene rings is 2. The van der Waals surface area contributed by atoms with E-state index in [1.54, 1.807) is 12.2 Å². The van der Waals surface area contributed by atoms with Gasteiger partial charge in [0.15, 0.2) is 0 Å². The molecular weight excluding hydrogens is 448 g/mol. The number of carbonyl (C=O) groups is 2. The number of allylic oxidation sites excluding steroid dienone is 1. The lowest BCUT2D eigenvalue weighted by Crippen LogP contribution is -2.47. The number of rotatable bonds is 9. The molecule has 3 atom stereocenters. The molecule has 0 unspecified atom stereocenters. The van der Waals surface area contributed by atoms with Crippen LogP contribution < -0.4 is 10.8 Å². The predicted octanol–water partition coefficient (Wildman–Crippen LogP) is 3.53. The molecule has 35 heavy (non-hydrogen) atoms. The van der Waals surface area contributed by atoms with Gasteiger partial charge in [0.05, 0.1) is 5.92 Å². The minimum absolute atomic E-state index is 0.0469. The van der Waals surface area contributed by atoms with Crippen molar-refractivity contribution in [3.8, 4) is 11.4 Å². The van der Waals surface area contributed by atoms with E-state index in [0.29, 0.717) is 5.82 Å². The zero-order valence-electron chi connectivity index (χ0n) is 19.9. The van der Waals surface area contributed by atoms with Crippen molar-refractivity contribution in [3.05, 3.63) is 78.2 Å². The summed E-state index contributed by atoms with van der Waals surface area (Å²) in [7, 11) is 0. The van der Waals surface area contributed by atoms with Gasteiger partial charge in [-0.05, 0) is 17.4 Å². The van der Waals surface area contributed by atoms with Gasteiger partial charge in [-0.15, -0.1) is 0 Å². The van der Waals surface area contributed by atoms with Gasteiger partial charge < -0.3 is 14.9 Å². The smallest absolute Gasteiger partial charge is 0.272 e. The Labute approximate surface area is 203 Å². The van der Waals surface area contributed by atoms with E-state index in [-0.39, 0.29) is 12.3 Å². The summed E-state index contributed by atoms with van der Waals surface area (Å²) < 4.78 is 5.48. The first-order valence-electron chi connectivity index (χ1n) is 11.2. The molecule has 2 amide bonds. The average Bonchev–Trinajstić information content (AvgIpc) is 3.34. The van der Waals surface area contributed by atoms with Crippen LogP contribution in [0.1, 0.15) is 44.7 Å². The third-order valence-corrected chi connectivity index (χ3v) is 5.47. The summed E-state index contributed by atoms with van der Waals surface area (Å²) in [4.78, 5) is 29.7. The zero-order valence-corrected chi connectivity index (χ0v) is 19.9. The highest BCUT2D eigenvalue weighted by molar-refractivity contribution is 5.89. The lowest BCUT2D eigenvalue weighted by Gasteiger charge is -2.30. The highest BCUT2D eigenvalue weighted by Gasteiger charge is 2.37. The van der Waals surface area contributed by atoms with Crippen molar-refractivity contribution in [2.24, 2.45) is 11.3 Å². The minimum atomic E-state index is -1.77. The van der Waals surface area contributed by atoms with Gasteiger partial charge >= 0.3 is 0 Å². The van der Waals surface area contributed by atoms with Crippen molar-refractivity contribution < 1.29 is 24.4 Å². The summed E-state index contributed by atoms with van der Waals surface area (Å²) in [5.74, 6) is -2.27. The molecule has 3 rings (SSSR count). The Morgan fingerprint density at radius 1 is 1.03 bits per heavy atom. The molecule has 1 aromatic heterocycles. The lowest BCUT2D eigenvalue weighted by atomic mass is 9.85. The number of aliphatic hydroxyl groups excluding tert-OH is 1. The summed E-state index contributed by atoms with van der Waals surface area (Å²) in [6, 6.07) is 18.0. The molecule has 0 aliphatic rings. The molecule has 0 saturated heterocycles. The number of aromatic nitrogens is 2. The Morgan fingerprint density at radius 3 is 2.26 bits per heavy atom. The van der Waals surface area contributed by atoms with Crippen LogP contribution in [0.15, 0.2) is 71.3 Å². The van der Waals surface area contributed by atoms with E-state index in [1.807, 2.05) is 81.4 Å². The van der Waals surface area contributed by atoms with Gasteiger partial charge in [0, 0.05) is 5.56 Å². The third kappa shape index (κ3) is 6.84. The van der Waals surface area contributed by atoms with Crippen molar-refractivity contribution in [2.75, 3.05) is 0 Å². The van der Waals surface area contributed by atoms with Gasteiger partial charge in [0.2, 0.25) is 17.6 Å². The average molecular weight is 479 g/mol. The number of aliphatic hydroxyl groups is 1. The quantitative estimate of drug-likeness (QED) is 0.273. The first-order valence-corrected chi connectivity index (χ1v) is 11.2. The number of hydrogen-bond donors (Lipinski definition) is 4. The van der Waals surface area contributed by atoms with E-state index < -0.39 is 35.3 Å². The molecule has 3 aromatic rings. The van der Waals surface area contributed by atoms with Crippen molar-refractivity contribution >= 4 is 17.9 Å². The van der Waals surface area contributed by atoms with Crippen molar-refractivity contribution in [2.45, 2.75) is 39.3 Å². The Balaban J connectivity index is 1.83. The summed E-state index contributed by atoms with van der Waals surface area (Å²) in [5, 5.41) is 26.4. The van der Waals surface area contributed by atoms with Crippen LogP contribution in [-0.4, -0.2) is 38.4 Å². The molecular formula is C26H30N4O5.